The van der Waals surface area contributed by atoms with Crippen molar-refractivity contribution >= 4 is 38.6 Å². The highest BCUT2D eigenvalue weighted by Gasteiger charge is 2.44. The fraction of sp³-hybridized carbons (Fsp3) is 0.474. The number of carbonyl (C=O) groups is 1. The molecule has 4 fully saturated rings. The van der Waals surface area contributed by atoms with E-state index in [1.165, 1.54) is 11.6 Å². The predicted octanol–water partition coefficient (Wildman–Crippen LogP) is 7.15. The molecular weight excluding hydrogens is 680 g/mol. The largest absolute Gasteiger partial charge is 0.338 e. The molecular formula is C38H42ClF2N5O3S. The van der Waals surface area contributed by atoms with Crippen molar-refractivity contribution in [2.24, 2.45) is 0 Å². The molecule has 3 atom stereocenters. The summed E-state index contributed by atoms with van der Waals surface area (Å²) in [6, 6.07) is 18.3. The van der Waals surface area contributed by atoms with Gasteiger partial charge in [-0.15, -0.1) is 0 Å². The summed E-state index contributed by atoms with van der Waals surface area (Å²) in [4.78, 5) is 22.5. The van der Waals surface area contributed by atoms with Crippen LogP contribution in [0.3, 0.4) is 0 Å². The number of nitrogens with zero attached hydrogens (tertiary/aromatic N) is 4. The van der Waals surface area contributed by atoms with E-state index in [4.69, 9.17) is 16.6 Å². The van der Waals surface area contributed by atoms with Crippen LogP contribution in [0, 0.1) is 18.6 Å². The van der Waals surface area contributed by atoms with Crippen molar-refractivity contribution in [3.63, 3.8) is 0 Å². The molecule has 8 rings (SSSR count). The van der Waals surface area contributed by atoms with Crippen molar-refractivity contribution in [3.8, 4) is 0 Å². The van der Waals surface area contributed by atoms with Gasteiger partial charge >= 0.3 is 0 Å². The summed E-state index contributed by atoms with van der Waals surface area (Å²) in [5, 5.41) is -0.262. The molecule has 1 N–H and O–H groups in total. The minimum atomic E-state index is -4.00. The van der Waals surface area contributed by atoms with Gasteiger partial charge in [0.1, 0.15) is 22.4 Å². The van der Waals surface area contributed by atoms with Crippen LogP contribution >= 0.6 is 11.6 Å². The predicted molar refractivity (Wildman–Crippen MR) is 189 cm³/mol. The Morgan fingerprint density at radius 1 is 0.960 bits per heavy atom. The van der Waals surface area contributed by atoms with Gasteiger partial charge in [0.2, 0.25) is 10.0 Å². The first-order valence-electron chi connectivity index (χ1n) is 17.8. The number of piperidine rings is 2. The number of halogens is 3. The first kappa shape index (κ1) is 33.7. The number of para-hydroxylation sites is 2. The molecule has 1 aromatic heterocycles. The van der Waals surface area contributed by atoms with E-state index in [0.29, 0.717) is 44.1 Å². The standard InChI is InChI=1S/C38H42ClF2N5O3S/c1-24-42-34-7-2-3-8-35(34)46(24)30-20-28-11-12-29(21-30)45(28)18-15-38(25-5-4-6-26(40)19-25)13-16-44(17-14-38)37(47)31-22-36(32(39)23-33(31)41)50(48,49)43-27-9-10-27/h2-8,19,22-23,27-30,43H,9-18,20-21H2,1H3/t28-,29+,30?. The lowest BCUT2D eigenvalue weighted by Crippen LogP contribution is -2.49. The number of nitrogens with one attached hydrogen (secondary N) is 1. The number of hydrogen-bond acceptors (Lipinski definition) is 5. The van der Waals surface area contributed by atoms with Gasteiger partial charge in [-0.3, -0.25) is 9.69 Å². The van der Waals surface area contributed by atoms with Crippen molar-refractivity contribution in [1.29, 1.82) is 0 Å². The second-order valence-electron chi connectivity index (χ2n) is 14.8. The van der Waals surface area contributed by atoms with Gasteiger partial charge in [0.25, 0.3) is 5.91 Å². The van der Waals surface area contributed by atoms with Crippen LogP contribution in [-0.2, 0) is 15.4 Å². The molecule has 3 saturated heterocycles. The highest BCUT2D eigenvalue weighted by atomic mass is 35.5. The zero-order valence-corrected chi connectivity index (χ0v) is 29.7. The summed E-state index contributed by atoms with van der Waals surface area (Å²) in [6.07, 6.45) is 7.87. The molecule has 1 amide bonds. The van der Waals surface area contributed by atoms with E-state index in [2.05, 4.69) is 39.3 Å². The molecule has 4 heterocycles. The Labute approximate surface area is 296 Å². The lowest BCUT2D eigenvalue weighted by molar-refractivity contribution is 0.0602. The third-order valence-corrected chi connectivity index (χ3v) is 13.7. The maximum absolute atomic E-state index is 15.2. The van der Waals surface area contributed by atoms with Crippen LogP contribution in [0.2, 0.25) is 5.02 Å². The van der Waals surface area contributed by atoms with Gasteiger partial charge < -0.3 is 9.47 Å². The average Bonchev–Trinajstić information content (AvgIpc) is 3.78. The van der Waals surface area contributed by atoms with Crippen molar-refractivity contribution in [1.82, 2.24) is 24.1 Å². The summed E-state index contributed by atoms with van der Waals surface area (Å²) < 4.78 is 60.8. The van der Waals surface area contributed by atoms with Crippen molar-refractivity contribution in [2.45, 2.75) is 99.2 Å². The van der Waals surface area contributed by atoms with E-state index in [-0.39, 0.29) is 32.8 Å². The first-order chi connectivity index (χ1) is 24.0. The topological polar surface area (TPSA) is 87.5 Å². The van der Waals surface area contributed by atoms with Crippen molar-refractivity contribution in [3.05, 3.63) is 94.3 Å². The third-order valence-electron chi connectivity index (χ3n) is 11.7. The minimum Gasteiger partial charge on any atom is -0.338 e. The van der Waals surface area contributed by atoms with Gasteiger partial charge in [-0.2, -0.15) is 0 Å². The summed E-state index contributed by atoms with van der Waals surface area (Å²) in [6.45, 7) is 3.64. The molecule has 3 aliphatic heterocycles. The maximum atomic E-state index is 15.2. The summed E-state index contributed by atoms with van der Waals surface area (Å²) in [5.74, 6) is -0.662. The zero-order valence-electron chi connectivity index (χ0n) is 28.1. The molecule has 4 aromatic rings. The molecule has 0 spiro atoms. The Balaban J connectivity index is 0.992. The van der Waals surface area contributed by atoms with Gasteiger partial charge in [-0.25, -0.2) is 26.9 Å². The SMILES string of the molecule is Cc1nc2ccccc2n1C1C[C@H]2CC[C@@H](C1)N2CCC1(c2cccc(F)c2)CCN(C(=O)c2cc(S(=O)(=O)NC3CC3)c(Cl)cc2F)CC1. The Bertz CT molecular complexity index is 2050. The highest BCUT2D eigenvalue weighted by molar-refractivity contribution is 7.89. The van der Waals surface area contributed by atoms with E-state index in [0.717, 1.165) is 80.5 Å². The number of fused-ring (bicyclic) bond motifs is 3. The highest BCUT2D eigenvalue weighted by Crippen LogP contribution is 2.45. The fourth-order valence-electron chi connectivity index (χ4n) is 8.98. The van der Waals surface area contributed by atoms with E-state index >= 15 is 4.39 Å². The molecule has 8 nitrogen and oxygen atoms in total. The van der Waals surface area contributed by atoms with Crippen molar-refractivity contribution in [2.75, 3.05) is 19.6 Å². The molecule has 1 saturated carbocycles. The molecule has 2 bridgehead atoms. The summed E-state index contributed by atoms with van der Waals surface area (Å²) in [5.41, 5.74) is 2.47. The summed E-state index contributed by atoms with van der Waals surface area (Å²) in [7, 11) is -4.00. The molecule has 264 valence electrons. The molecule has 1 unspecified atom stereocenters. The normalized spacial score (nSPS) is 23.8. The van der Waals surface area contributed by atoms with Gasteiger partial charge in [0.15, 0.2) is 0 Å². The number of sulfonamides is 1. The molecule has 50 heavy (non-hydrogen) atoms. The van der Waals surface area contributed by atoms with E-state index in [9.17, 15) is 17.6 Å². The smallest absolute Gasteiger partial charge is 0.256 e. The van der Waals surface area contributed by atoms with Gasteiger partial charge in [-0.05, 0) is 119 Å². The Morgan fingerprint density at radius 3 is 2.38 bits per heavy atom. The quantitative estimate of drug-likeness (QED) is 0.199. The van der Waals surface area contributed by atoms with E-state index in [1.54, 1.807) is 17.0 Å². The number of amides is 1. The van der Waals surface area contributed by atoms with Gasteiger partial charge in [0.05, 0.1) is 21.6 Å². The number of aromatic nitrogens is 2. The van der Waals surface area contributed by atoms with Crippen LogP contribution in [0.4, 0.5) is 8.78 Å². The van der Waals surface area contributed by atoms with Gasteiger partial charge in [0, 0.05) is 37.3 Å². The van der Waals surface area contributed by atoms with Gasteiger partial charge in [-0.1, -0.05) is 35.9 Å². The maximum Gasteiger partial charge on any atom is 0.256 e. The second kappa shape index (κ2) is 13.0. The monoisotopic (exact) mass is 721 g/mol. The first-order valence-corrected chi connectivity index (χ1v) is 19.6. The number of aryl methyl sites for hydroxylation is 1. The Kier molecular flexibility index (Phi) is 8.77. The fourth-order valence-corrected chi connectivity index (χ4v) is 10.8. The lowest BCUT2D eigenvalue weighted by atomic mass is 9.70. The Morgan fingerprint density at radius 2 is 1.68 bits per heavy atom. The van der Waals surface area contributed by atoms with E-state index < -0.39 is 21.7 Å². The molecule has 12 heteroatoms. The average molecular weight is 722 g/mol. The molecule has 3 aromatic carbocycles. The zero-order chi connectivity index (χ0) is 34.8. The molecule has 1 aliphatic carbocycles. The van der Waals surface area contributed by atoms with Crippen LogP contribution in [-0.4, -0.2) is 71.4 Å². The van der Waals surface area contributed by atoms with Crippen LogP contribution in [0.1, 0.15) is 85.6 Å². The van der Waals surface area contributed by atoms with Crippen LogP contribution in [0.15, 0.2) is 65.6 Å². The third kappa shape index (κ3) is 6.24. The minimum absolute atomic E-state index is 0.166. The number of carbonyl (C=O) groups excluding carboxylic acids is 1. The number of likely N-dealkylation sites (tertiary alicyclic amines) is 1. The molecule has 0 radical (unpaired) electrons. The lowest BCUT2D eigenvalue weighted by Gasteiger charge is -2.45. The molecule has 4 aliphatic rings. The second-order valence-corrected chi connectivity index (χ2v) is 16.8. The van der Waals surface area contributed by atoms with Crippen LogP contribution < -0.4 is 4.72 Å². The van der Waals surface area contributed by atoms with E-state index in [1.807, 2.05) is 12.1 Å². The van der Waals surface area contributed by atoms with Crippen molar-refractivity contribution < 1.29 is 22.0 Å². The number of benzene rings is 3. The van der Waals surface area contributed by atoms with Crippen LogP contribution in [0.25, 0.3) is 11.0 Å². The van der Waals surface area contributed by atoms with Crippen LogP contribution in [0.5, 0.6) is 0 Å². The number of rotatable bonds is 9. The Hall–Kier alpha value is -3.38. The number of imidazole rings is 1. The number of hydrogen-bond donors (Lipinski definition) is 1. The summed E-state index contributed by atoms with van der Waals surface area (Å²) >= 11 is 6.16.